The molecular formula is C17H25N5O2S. The molecule has 1 atom stereocenters. The monoisotopic (exact) mass is 363 g/mol. The quantitative estimate of drug-likeness (QED) is 0.888. The van der Waals surface area contributed by atoms with Crippen LogP contribution in [0.3, 0.4) is 0 Å². The normalized spacial score (nSPS) is 22.8. The van der Waals surface area contributed by atoms with Gasteiger partial charge >= 0.3 is 0 Å². The van der Waals surface area contributed by atoms with Gasteiger partial charge in [0.2, 0.25) is 5.95 Å². The van der Waals surface area contributed by atoms with E-state index in [9.17, 15) is 5.11 Å². The Hall–Kier alpha value is -1.51. The molecule has 2 aliphatic rings. The Morgan fingerprint density at radius 3 is 2.80 bits per heavy atom. The number of hydrogen-bond donors (Lipinski definition) is 1. The Morgan fingerprint density at radius 2 is 2.16 bits per heavy atom. The highest BCUT2D eigenvalue weighted by Crippen LogP contribution is 2.42. The van der Waals surface area contributed by atoms with Crippen LogP contribution in [0.25, 0.3) is 0 Å². The second kappa shape index (κ2) is 6.66. The third-order valence-corrected chi connectivity index (χ3v) is 6.37. The molecule has 1 unspecified atom stereocenters. The van der Waals surface area contributed by atoms with Crippen molar-refractivity contribution < 1.29 is 9.84 Å². The largest absolute Gasteiger partial charge is 0.394 e. The minimum Gasteiger partial charge on any atom is -0.394 e. The summed E-state index contributed by atoms with van der Waals surface area (Å²) in [5.74, 6) is 1.89. The molecule has 2 saturated heterocycles. The highest BCUT2D eigenvalue weighted by atomic mass is 32.1. The number of ether oxygens (including phenoxy) is 1. The van der Waals surface area contributed by atoms with Crippen LogP contribution >= 0.6 is 11.3 Å². The van der Waals surface area contributed by atoms with E-state index >= 15 is 0 Å². The second-order valence-corrected chi connectivity index (χ2v) is 8.38. The number of rotatable bonds is 4. The molecule has 1 spiro atoms. The van der Waals surface area contributed by atoms with Gasteiger partial charge in [0.1, 0.15) is 5.82 Å². The van der Waals surface area contributed by atoms with E-state index in [1.54, 1.807) is 11.3 Å². The lowest BCUT2D eigenvalue weighted by atomic mass is 9.77. The van der Waals surface area contributed by atoms with Gasteiger partial charge in [0.25, 0.3) is 0 Å². The first-order valence-corrected chi connectivity index (χ1v) is 9.73. The van der Waals surface area contributed by atoms with Crippen LogP contribution in [0.4, 0.5) is 5.95 Å². The van der Waals surface area contributed by atoms with Crippen molar-refractivity contribution in [3.05, 3.63) is 21.9 Å². The Morgan fingerprint density at radius 1 is 1.36 bits per heavy atom. The maximum atomic E-state index is 9.31. The van der Waals surface area contributed by atoms with Crippen molar-refractivity contribution in [2.45, 2.75) is 38.7 Å². The van der Waals surface area contributed by atoms with Crippen molar-refractivity contribution in [1.82, 2.24) is 19.7 Å². The summed E-state index contributed by atoms with van der Waals surface area (Å²) in [6, 6.07) is 0. The van der Waals surface area contributed by atoms with Gasteiger partial charge in [-0.05, 0) is 31.6 Å². The Kier molecular flexibility index (Phi) is 4.51. The van der Waals surface area contributed by atoms with E-state index in [0.717, 1.165) is 67.9 Å². The molecular weight excluding hydrogens is 338 g/mol. The summed E-state index contributed by atoms with van der Waals surface area (Å²) in [4.78, 5) is 6.84. The van der Waals surface area contributed by atoms with Gasteiger partial charge in [0, 0.05) is 25.5 Å². The molecule has 0 amide bonds. The fraction of sp³-hybridized carbons (Fsp3) is 0.706. The lowest BCUT2D eigenvalue weighted by Gasteiger charge is -2.38. The SMILES string of the molecule is Cc1nc(Cc2nnc(N3CCC4(CC3)COC(CO)C4)n2C)cs1. The van der Waals surface area contributed by atoms with E-state index < -0.39 is 0 Å². The van der Waals surface area contributed by atoms with Crippen LogP contribution in [0, 0.1) is 12.3 Å². The van der Waals surface area contributed by atoms with E-state index in [2.05, 4.69) is 30.0 Å². The average Bonchev–Trinajstić information content (AvgIpc) is 3.30. The molecule has 25 heavy (non-hydrogen) atoms. The summed E-state index contributed by atoms with van der Waals surface area (Å²) in [5.41, 5.74) is 1.30. The predicted octanol–water partition coefficient (Wildman–Crippen LogP) is 1.54. The van der Waals surface area contributed by atoms with E-state index in [4.69, 9.17) is 4.74 Å². The molecule has 2 fully saturated rings. The maximum Gasteiger partial charge on any atom is 0.226 e. The van der Waals surface area contributed by atoms with Crippen LogP contribution in [0.1, 0.15) is 35.8 Å². The van der Waals surface area contributed by atoms with E-state index in [1.165, 1.54) is 0 Å². The first-order valence-electron chi connectivity index (χ1n) is 8.85. The summed E-state index contributed by atoms with van der Waals surface area (Å²) in [6.07, 6.45) is 3.88. The summed E-state index contributed by atoms with van der Waals surface area (Å²) in [5, 5.41) is 21.3. The zero-order chi connectivity index (χ0) is 17.4. The zero-order valence-corrected chi connectivity index (χ0v) is 15.6. The number of aryl methyl sites for hydroxylation is 1. The van der Waals surface area contributed by atoms with Crippen molar-refractivity contribution in [3.8, 4) is 0 Å². The van der Waals surface area contributed by atoms with Gasteiger partial charge in [0.05, 0.1) is 36.4 Å². The molecule has 0 radical (unpaired) electrons. The molecule has 1 N–H and O–H groups in total. The number of aromatic nitrogens is 4. The molecule has 2 aliphatic heterocycles. The van der Waals surface area contributed by atoms with E-state index in [1.807, 2.05) is 14.0 Å². The smallest absolute Gasteiger partial charge is 0.226 e. The molecule has 136 valence electrons. The number of hydrogen-bond acceptors (Lipinski definition) is 7. The van der Waals surface area contributed by atoms with Crippen LogP contribution in [-0.4, -0.2) is 57.3 Å². The molecule has 0 aliphatic carbocycles. The lowest BCUT2D eigenvalue weighted by Crippen LogP contribution is -2.41. The molecule has 0 aromatic carbocycles. The van der Waals surface area contributed by atoms with Crippen LogP contribution in [0.5, 0.6) is 0 Å². The van der Waals surface area contributed by atoms with Gasteiger partial charge in [-0.2, -0.15) is 0 Å². The molecule has 2 aromatic rings. The standard InChI is InChI=1S/C17H25N5O2S/c1-12-18-13(10-25-12)7-15-19-20-16(21(15)2)22-5-3-17(4-6-22)8-14(9-23)24-11-17/h10,14,23H,3-9,11H2,1-2H3. The van der Waals surface area contributed by atoms with Crippen molar-refractivity contribution in [2.75, 3.05) is 31.2 Å². The summed E-state index contributed by atoms with van der Waals surface area (Å²) in [6.45, 7) is 4.86. The molecule has 8 heteroatoms. The number of piperidine rings is 1. The van der Waals surface area contributed by atoms with Gasteiger partial charge in [-0.15, -0.1) is 21.5 Å². The second-order valence-electron chi connectivity index (χ2n) is 7.32. The average molecular weight is 363 g/mol. The number of aliphatic hydroxyl groups excluding tert-OH is 1. The Labute approximate surface area is 151 Å². The number of nitrogens with zero attached hydrogens (tertiary/aromatic N) is 5. The van der Waals surface area contributed by atoms with E-state index in [-0.39, 0.29) is 18.1 Å². The van der Waals surface area contributed by atoms with Crippen molar-refractivity contribution >= 4 is 17.3 Å². The Bertz CT molecular complexity index is 735. The van der Waals surface area contributed by atoms with Crippen LogP contribution in [0.2, 0.25) is 0 Å². The summed E-state index contributed by atoms with van der Waals surface area (Å²) < 4.78 is 7.82. The number of thiazole rings is 1. The zero-order valence-electron chi connectivity index (χ0n) is 14.8. The molecule has 4 heterocycles. The topological polar surface area (TPSA) is 76.3 Å². The number of anilines is 1. The van der Waals surface area contributed by atoms with E-state index in [0.29, 0.717) is 0 Å². The third-order valence-electron chi connectivity index (χ3n) is 5.54. The van der Waals surface area contributed by atoms with Gasteiger partial charge in [-0.25, -0.2) is 4.98 Å². The van der Waals surface area contributed by atoms with Gasteiger partial charge in [0.15, 0.2) is 0 Å². The minimum atomic E-state index is 0.0227. The molecule has 0 bridgehead atoms. The van der Waals surface area contributed by atoms with Crippen molar-refractivity contribution in [2.24, 2.45) is 12.5 Å². The third kappa shape index (κ3) is 3.30. The van der Waals surface area contributed by atoms with Gasteiger partial charge in [-0.3, -0.25) is 0 Å². The predicted molar refractivity (Wildman–Crippen MR) is 96.0 cm³/mol. The molecule has 0 saturated carbocycles. The minimum absolute atomic E-state index is 0.0227. The molecule has 2 aromatic heterocycles. The summed E-state index contributed by atoms with van der Waals surface area (Å²) in [7, 11) is 2.04. The first-order chi connectivity index (χ1) is 12.1. The molecule has 4 rings (SSSR count). The van der Waals surface area contributed by atoms with Crippen LogP contribution in [0.15, 0.2) is 5.38 Å². The number of aliphatic hydroxyl groups is 1. The van der Waals surface area contributed by atoms with Gasteiger partial charge in [-0.1, -0.05) is 0 Å². The maximum absolute atomic E-state index is 9.31. The van der Waals surface area contributed by atoms with Crippen LogP contribution in [-0.2, 0) is 18.2 Å². The van der Waals surface area contributed by atoms with Crippen molar-refractivity contribution in [1.29, 1.82) is 0 Å². The highest BCUT2D eigenvalue weighted by Gasteiger charge is 2.42. The van der Waals surface area contributed by atoms with Gasteiger partial charge < -0.3 is 19.3 Å². The fourth-order valence-corrected chi connectivity index (χ4v) is 4.59. The van der Waals surface area contributed by atoms with Crippen LogP contribution < -0.4 is 4.90 Å². The fourth-order valence-electron chi connectivity index (χ4n) is 3.98. The first kappa shape index (κ1) is 16.9. The van der Waals surface area contributed by atoms with Crippen molar-refractivity contribution in [3.63, 3.8) is 0 Å². The Balaban J connectivity index is 1.42. The highest BCUT2D eigenvalue weighted by molar-refractivity contribution is 7.09. The lowest BCUT2D eigenvalue weighted by molar-refractivity contribution is 0.0505. The summed E-state index contributed by atoms with van der Waals surface area (Å²) >= 11 is 1.67. The molecule has 7 nitrogen and oxygen atoms in total.